The van der Waals surface area contributed by atoms with E-state index in [-0.39, 0.29) is 0 Å². The molecule has 0 radical (unpaired) electrons. The largest absolute Gasteiger partial charge is 0.393 e. The first kappa shape index (κ1) is 16.5. The molecule has 0 aliphatic rings. The fourth-order valence-corrected chi connectivity index (χ4v) is 2.55. The third-order valence-corrected chi connectivity index (χ3v) is 4.15. The van der Waals surface area contributed by atoms with Gasteiger partial charge < -0.3 is 20.9 Å². The number of nitrogens with zero attached hydrogens (tertiary/aromatic N) is 4. The minimum Gasteiger partial charge on any atom is -0.393 e. The third kappa shape index (κ3) is 4.34. The van der Waals surface area contributed by atoms with Crippen LogP contribution in [0.2, 0.25) is 0 Å². The van der Waals surface area contributed by atoms with Crippen molar-refractivity contribution >= 4 is 45.6 Å². The molecule has 0 saturated carbocycles. The Kier molecular flexibility index (Phi) is 5.47. The van der Waals surface area contributed by atoms with Crippen molar-refractivity contribution in [2.75, 3.05) is 22.9 Å². The molecule has 24 heavy (non-hydrogen) atoms. The van der Waals surface area contributed by atoms with Gasteiger partial charge in [-0.15, -0.1) is 0 Å². The Labute approximate surface area is 153 Å². The van der Waals surface area contributed by atoms with Crippen LogP contribution in [0.25, 0.3) is 0 Å². The summed E-state index contributed by atoms with van der Waals surface area (Å²) in [4.78, 5) is 12.5. The number of nitrogen functional groups attached to an aromatic ring is 1. The topological polar surface area (TPSA) is 93.7 Å². The van der Waals surface area contributed by atoms with E-state index in [2.05, 4.69) is 48.2 Å². The van der Waals surface area contributed by atoms with E-state index in [1.165, 1.54) is 9.90 Å². The molecule has 1 aromatic carbocycles. The normalized spacial score (nSPS) is 10.5. The second-order valence-corrected chi connectivity index (χ2v) is 6.44. The Morgan fingerprint density at radius 2 is 1.92 bits per heavy atom. The quantitative estimate of drug-likeness (QED) is 0.390. The summed E-state index contributed by atoms with van der Waals surface area (Å²) in [5, 5.41) is 6.48. The standard InChI is InChI=1S/C16H18IN7/c17-12-2-4-13(5-3-12)23-16-14(18)15(21-10-22-16)20-6-1-8-24-9-7-19-11-24/h2-5,7,9-11H,1,6,8,18H2,(H2,20,21,22,23). The molecular formula is C16H18IN7. The van der Waals surface area contributed by atoms with Gasteiger partial charge in [0.2, 0.25) is 0 Å². The number of aryl methyl sites for hydroxylation is 1. The third-order valence-electron chi connectivity index (χ3n) is 3.44. The number of nitrogens with two attached hydrogens (primary N) is 1. The predicted molar refractivity (Wildman–Crippen MR) is 104 cm³/mol. The molecule has 0 aliphatic carbocycles. The van der Waals surface area contributed by atoms with Crippen LogP contribution in [0, 0.1) is 3.57 Å². The highest BCUT2D eigenvalue weighted by atomic mass is 127. The van der Waals surface area contributed by atoms with Crippen molar-refractivity contribution in [3.05, 3.63) is 52.9 Å². The van der Waals surface area contributed by atoms with Gasteiger partial charge in [-0.3, -0.25) is 0 Å². The van der Waals surface area contributed by atoms with Gasteiger partial charge in [-0.05, 0) is 53.3 Å². The van der Waals surface area contributed by atoms with Crippen molar-refractivity contribution in [3.63, 3.8) is 0 Å². The molecule has 0 bridgehead atoms. The van der Waals surface area contributed by atoms with Crippen molar-refractivity contribution in [1.29, 1.82) is 0 Å². The van der Waals surface area contributed by atoms with Crippen LogP contribution in [0.5, 0.6) is 0 Å². The van der Waals surface area contributed by atoms with E-state index in [0.29, 0.717) is 17.3 Å². The predicted octanol–water partition coefficient (Wildman–Crippen LogP) is 3.11. The lowest BCUT2D eigenvalue weighted by Gasteiger charge is -2.12. The molecule has 0 atom stereocenters. The molecule has 2 heterocycles. The zero-order chi connectivity index (χ0) is 16.8. The van der Waals surface area contributed by atoms with Crippen LogP contribution < -0.4 is 16.4 Å². The number of halogens is 1. The van der Waals surface area contributed by atoms with Gasteiger partial charge in [0.15, 0.2) is 11.6 Å². The smallest absolute Gasteiger partial charge is 0.159 e. The van der Waals surface area contributed by atoms with Crippen LogP contribution >= 0.6 is 22.6 Å². The van der Waals surface area contributed by atoms with Gasteiger partial charge >= 0.3 is 0 Å². The zero-order valence-electron chi connectivity index (χ0n) is 13.0. The molecule has 3 aromatic rings. The van der Waals surface area contributed by atoms with Crippen molar-refractivity contribution in [1.82, 2.24) is 19.5 Å². The van der Waals surface area contributed by atoms with Gasteiger partial charge in [-0.2, -0.15) is 0 Å². The second kappa shape index (κ2) is 7.95. The molecular weight excluding hydrogens is 417 g/mol. The van der Waals surface area contributed by atoms with Crippen LogP contribution in [0.15, 0.2) is 49.3 Å². The number of rotatable bonds is 7. The molecule has 7 nitrogen and oxygen atoms in total. The van der Waals surface area contributed by atoms with Crippen molar-refractivity contribution in [3.8, 4) is 0 Å². The molecule has 8 heteroatoms. The molecule has 0 fully saturated rings. The molecule has 0 saturated heterocycles. The minimum absolute atomic E-state index is 0.513. The monoisotopic (exact) mass is 435 g/mol. The Morgan fingerprint density at radius 1 is 1.12 bits per heavy atom. The molecule has 0 amide bonds. The number of benzene rings is 1. The van der Waals surface area contributed by atoms with Gasteiger partial charge in [0.25, 0.3) is 0 Å². The molecule has 2 aromatic heterocycles. The number of hydrogen-bond donors (Lipinski definition) is 3. The average molecular weight is 435 g/mol. The Bertz CT molecular complexity index is 772. The summed E-state index contributed by atoms with van der Waals surface area (Å²) in [6, 6.07) is 8.02. The molecule has 0 unspecified atom stereocenters. The van der Waals surface area contributed by atoms with E-state index in [1.54, 1.807) is 6.20 Å². The van der Waals surface area contributed by atoms with Crippen molar-refractivity contribution < 1.29 is 0 Å². The Morgan fingerprint density at radius 3 is 2.67 bits per heavy atom. The fourth-order valence-electron chi connectivity index (χ4n) is 2.19. The summed E-state index contributed by atoms with van der Waals surface area (Å²) < 4.78 is 3.21. The lowest BCUT2D eigenvalue weighted by atomic mass is 10.3. The van der Waals surface area contributed by atoms with E-state index in [4.69, 9.17) is 5.73 Å². The highest BCUT2D eigenvalue weighted by Crippen LogP contribution is 2.25. The van der Waals surface area contributed by atoms with E-state index < -0.39 is 0 Å². The van der Waals surface area contributed by atoms with Gasteiger partial charge in [-0.1, -0.05) is 0 Å². The van der Waals surface area contributed by atoms with Gasteiger partial charge in [0.05, 0.1) is 6.33 Å². The fraction of sp³-hybridized carbons (Fsp3) is 0.188. The van der Waals surface area contributed by atoms with E-state index in [9.17, 15) is 0 Å². The molecule has 0 aliphatic heterocycles. The van der Waals surface area contributed by atoms with Crippen LogP contribution in [0.3, 0.4) is 0 Å². The van der Waals surface area contributed by atoms with Crippen LogP contribution in [0.4, 0.5) is 23.0 Å². The van der Waals surface area contributed by atoms with Gasteiger partial charge in [0.1, 0.15) is 12.0 Å². The summed E-state index contributed by atoms with van der Waals surface area (Å²) in [5.74, 6) is 1.24. The van der Waals surface area contributed by atoms with Crippen molar-refractivity contribution in [2.24, 2.45) is 0 Å². The second-order valence-electron chi connectivity index (χ2n) is 5.20. The van der Waals surface area contributed by atoms with Crippen molar-refractivity contribution in [2.45, 2.75) is 13.0 Å². The summed E-state index contributed by atoms with van der Waals surface area (Å²) in [5.41, 5.74) is 7.62. The van der Waals surface area contributed by atoms with Crippen LogP contribution in [-0.4, -0.2) is 26.1 Å². The summed E-state index contributed by atoms with van der Waals surface area (Å²) in [6.07, 6.45) is 7.98. The first-order chi connectivity index (χ1) is 11.7. The van der Waals surface area contributed by atoms with Crippen LogP contribution in [-0.2, 0) is 6.54 Å². The molecule has 3 rings (SSSR count). The lowest BCUT2D eigenvalue weighted by molar-refractivity contribution is 0.660. The Hall–Kier alpha value is -2.36. The zero-order valence-corrected chi connectivity index (χ0v) is 15.1. The number of hydrogen-bond acceptors (Lipinski definition) is 6. The number of imidazole rings is 1. The molecule has 0 spiro atoms. The molecule has 124 valence electrons. The van der Waals surface area contributed by atoms with E-state index >= 15 is 0 Å². The number of aromatic nitrogens is 4. The minimum atomic E-state index is 0.513. The lowest BCUT2D eigenvalue weighted by Crippen LogP contribution is -2.10. The first-order valence-electron chi connectivity index (χ1n) is 7.55. The Balaban J connectivity index is 1.59. The molecule has 4 N–H and O–H groups in total. The first-order valence-corrected chi connectivity index (χ1v) is 8.63. The van der Waals surface area contributed by atoms with E-state index in [0.717, 1.165) is 25.2 Å². The number of nitrogens with one attached hydrogen (secondary N) is 2. The maximum absolute atomic E-state index is 6.17. The van der Waals surface area contributed by atoms with E-state index in [1.807, 2.05) is 41.4 Å². The highest BCUT2D eigenvalue weighted by molar-refractivity contribution is 14.1. The summed E-state index contributed by atoms with van der Waals surface area (Å²) in [7, 11) is 0. The maximum atomic E-state index is 6.17. The maximum Gasteiger partial charge on any atom is 0.159 e. The van der Waals surface area contributed by atoms with Crippen LogP contribution in [0.1, 0.15) is 6.42 Å². The average Bonchev–Trinajstić information content (AvgIpc) is 3.10. The number of anilines is 4. The summed E-state index contributed by atoms with van der Waals surface area (Å²) >= 11 is 2.27. The summed E-state index contributed by atoms with van der Waals surface area (Å²) in [6.45, 7) is 1.66. The SMILES string of the molecule is Nc1c(NCCCn2ccnc2)ncnc1Nc1ccc(I)cc1. The highest BCUT2D eigenvalue weighted by Gasteiger charge is 2.08. The van der Waals surface area contributed by atoms with Gasteiger partial charge in [-0.25, -0.2) is 15.0 Å². The van der Waals surface area contributed by atoms with Gasteiger partial charge in [0, 0.05) is 34.7 Å².